The van der Waals surface area contributed by atoms with Gasteiger partial charge in [0.1, 0.15) is 6.54 Å². The van der Waals surface area contributed by atoms with Crippen molar-refractivity contribution < 1.29 is 9.59 Å². The number of aromatic nitrogens is 1. The Morgan fingerprint density at radius 3 is 2.84 bits per heavy atom. The van der Waals surface area contributed by atoms with Crippen molar-refractivity contribution in [2.75, 3.05) is 18.0 Å². The van der Waals surface area contributed by atoms with Gasteiger partial charge in [-0.15, -0.1) is 0 Å². The number of likely N-dealkylation sites (N-methyl/N-ethyl adjacent to an activating group) is 1. The van der Waals surface area contributed by atoms with Crippen molar-refractivity contribution in [3.63, 3.8) is 0 Å². The fourth-order valence-electron chi connectivity index (χ4n) is 2.33. The van der Waals surface area contributed by atoms with E-state index < -0.39 is 0 Å². The summed E-state index contributed by atoms with van der Waals surface area (Å²) in [6.07, 6.45) is 3.38. The number of fused-ring (bicyclic) bond motifs is 1. The lowest BCUT2D eigenvalue weighted by Crippen LogP contribution is -2.33. The summed E-state index contributed by atoms with van der Waals surface area (Å²) in [7, 11) is 0. The largest absolute Gasteiger partial charge is 0.331 e. The smallest absolute Gasteiger partial charge is 0.315 e. The molecule has 19 heavy (non-hydrogen) atoms. The standard InChI is InChI=1S/C14H13N3O2/c1-2-16-9-13(18)17(14(16)19)12-5-3-4-10-8-15-7-6-11(10)12/h3-8H,2,9H2,1H3. The summed E-state index contributed by atoms with van der Waals surface area (Å²) in [5.74, 6) is -0.184. The third kappa shape index (κ3) is 1.74. The predicted molar refractivity (Wildman–Crippen MR) is 71.9 cm³/mol. The van der Waals surface area contributed by atoms with E-state index in [0.717, 1.165) is 10.8 Å². The first-order chi connectivity index (χ1) is 9.22. The van der Waals surface area contributed by atoms with Gasteiger partial charge < -0.3 is 4.90 Å². The second-order valence-corrected chi connectivity index (χ2v) is 4.40. The Morgan fingerprint density at radius 1 is 1.26 bits per heavy atom. The van der Waals surface area contributed by atoms with Crippen molar-refractivity contribution in [1.29, 1.82) is 0 Å². The lowest BCUT2D eigenvalue weighted by Gasteiger charge is -2.17. The second-order valence-electron chi connectivity index (χ2n) is 4.40. The van der Waals surface area contributed by atoms with Gasteiger partial charge in [0.15, 0.2) is 0 Å². The third-order valence-corrected chi connectivity index (χ3v) is 3.32. The van der Waals surface area contributed by atoms with Crippen LogP contribution in [-0.2, 0) is 4.79 Å². The minimum Gasteiger partial charge on any atom is -0.315 e. The molecular weight excluding hydrogens is 242 g/mol. The highest BCUT2D eigenvalue weighted by atomic mass is 16.2. The first-order valence-electron chi connectivity index (χ1n) is 6.17. The summed E-state index contributed by atoms with van der Waals surface area (Å²) in [5.41, 5.74) is 0.630. The number of benzene rings is 1. The molecule has 0 bridgehead atoms. The Kier molecular flexibility index (Phi) is 2.67. The SMILES string of the molecule is CCN1CC(=O)N(c2cccc3cnccc23)C1=O. The zero-order chi connectivity index (χ0) is 13.4. The van der Waals surface area contributed by atoms with Crippen LogP contribution in [0.1, 0.15) is 6.92 Å². The lowest BCUT2D eigenvalue weighted by molar-refractivity contribution is -0.116. The molecule has 1 aromatic heterocycles. The normalized spacial score (nSPS) is 15.6. The number of amides is 3. The van der Waals surface area contributed by atoms with Crippen molar-refractivity contribution in [1.82, 2.24) is 9.88 Å². The van der Waals surface area contributed by atoms with Crippen LogP contribution >= 0.6 is 0 Å². The molecule has 0 aliphatic carbocycles. The maximum Gasteiger partial charge on any atom is 0.331 e. The fraction of sp³-hybridized carbons (Fsp3) is 0.214. The van der Waals surface area contributed by atoms with Crippen LogP contribution in [0.5, 0.6) is 0 Å². The maximum atomic E-state index is 12.2. The number of carbonyl (C=O) groups excluding carboxylic acids is 2. The van der Waals surface area contributed by atoms with E-state index in [4.69, 9.17) is 0 Å². The van der Waals surface area contributed by atoms with Crippen LogP contribution in [0.15, 0.2) is 36.7 Å². The van der Waals surface area contributed by atoms with Gasteiger partial charge in [-0.25, -0.2) is 9.69 Å². The van der Waals surface area contributed by atoms with Gasteiger partial charge in [0.25, 0.3) is 5.91 Å². The molecule has 0 spiro atoms. The Bertz CT molecular complexity index is 663. The number of carbonyl (C=O) groups is 2. The highest BCUT2D eigenvalue weighted by molar-refractivity contribution is 6.22. The summed E-state index contributed by atoms with van der Waals surface area (Å²) in [6, 6.07) is 7.09. The van der Waals surface area contributed by atoms with Gasteiger partial charge in [0.05, 0.1) is 5.69 Å². The van der Waals surface area contributed by atoms with E-state index in [1.807, 2.05) is 25.1 Å². The molecular formula is C14H13N3O2. The summed E-state index contributed by atoms with van der Waals surface area (Å²) in [6.45, 7) is 2.55. The molecule has 1 aromatic carbocycles. The van der Waals surface area contributed by atoms with Gasteiger partial charge in [0.2, 0.25) is 0 Å². The monoisotopic (exact) mass is 255 g/mol. The van der Waals surface area contributed by atoms with Gasteiger partial charge in [-0.05, 0) is 19.1 Å². The molecule has 0 unspecified atom stereocenters. The Balaban J connectivity index is 2.15. The molecule has 3 amide bonds. The third-order valence-electron chi connectivity index (χ3n) is 3.32. The van der Waals surface area contributed by atoms with Crippen molar-refractivity contribution >= 4 is 28.4 Å². The van der Waals surface area contributed by atoms with E-state index in [9.17, 15) is 9.59 Å². The molecule has 1 fully saturated rings. The molecule has 5 nitrogen and oxygen atoms in total. The first-order valence-corrected chi connectivity index (χ1v) is 6.17. The molecule has 0 radical (unpaired) electrons. The van der Waals surface area contributed by atoms with Gasteiger partial charge in [0, 0.05) is 29.7 Å². The first kappa shape index (κ1) is 11.6. The average molecular weight is 255 g/mol. The zero-order valence-electron chi connectivity index (χ0n) is 10.5. The van der Waals surface area contributed by atoms with E-state index in [-0.39, 0.29) is 18.5 Å². The molecule has 1 aliphatic heterocycles. The van der Waals surface area contributed by atoms with Crippen LogP contribution in [0.25, 0.3) is 10.8 Å². The van der Waals surface area contributed by atoms with Gasteiger partial charge >= 0.3 is 6.03 Å². The van der Waals surface area contributed by atoms with E-state index in [1.54, 1.807) is 18.5 Å². The highest BCUT2D eigenvalue weighted by Crippen LogP contribution is 2.29. The predicted octanol–water partition coefficient (Wildman–Crippen LogP) is 2.02. The summed E-state index contributed by atoms with van der Waals surface area (Å²) < 4.78 is 0. The quantitative estimate of drug-likeness (QED) is 0.771. The van der Waals surface area contributed by atoms with E-state index in [0.29, 0.717) is 12.2 Å². The summed E-state index contributed by atoms with van der Waals surface area (Å²) in [4.78, 5) is 31.1. The molecule has 0 atom stereocenters. The number of hydrogen-bond acceptors (Lipinski definition) is 3. The van der Waals surface area contributed by atoms with Crippen LogP contribution in [0.4, 0.5) is 10.5 Å². The number of hydrogen-bond donors (Lipinski definition) is 0. The molecule has 2 heterocycles. The number of imide groups is 1. The maximum absolute atomic E-state index is 12.2. The van der Waals surface area contributed by atoms with Crippen LogP contribution in [-0.4, -0.2) is 34.9 Å². The van der Waals surface area contributed by atoms with Gasteiger partial charge in [-0.3, -0.25) is 9.78 Å². The van der Waals surface area contributed by atoms with Crippen LogP contribution in [0, 0.1) is 0 Å². The van der Waals surface area contributed by atoms with Crippen molar-refractivity contribution in [2.45, 2.75) is 6.92 Å². The van der Waals surface area contributed by atoms with Gasteiger partial charge in [-0.2, -0.15) is 0 Å². The Morgan fingerprint density at radius 2 is 2.11 bits per heavy atom. The molecule has 0 saturated carbocycles. The van der Waals surface area contributed by atoms with Crippen LogP contribution in [0.2, 0.25) is 0 Å². The Labute approximate surface area is 110 Å². The number of rotatable bonds is 2. The molecule has 2 aromatic rings. The molecule has 3 rings (SSSR count). The van der Waals surface area contributed by atoms with E-state index >= 15 is 0 Å². The van der Waals surface area contributed by atoms with Crippen molar-refractivity contribution in [3.8, 4) is 0 Å². The number of pyridine rings is 1. The second kappa shape index (κ2) is 4.35. The molecule has 96 valence electrons. The number of nitrogens with zero attached hydrogens (tertiary/aromatic N) is 3. The molecule has 0 N–H and O–H groups in total. The topological polar surface area (TPSA) is 53.5 Å². The molecule has 1 saturated heterocycles. The molecule has 1 aliphatic rings. The fourth-order valence-corrected chi connectivity index (χ4v) is 2.33. The Hall–Kier alpha value is -2.43. The van der Waals surface area contributed by atoms with Gasteiger partial charge in [-0.1, -0.05) is 12.1 Å². The highest BCUT2D eigenvalue weighted by Gasteiger charge is 2.36. The zero-order valence-corrected chi connectivity index (χ0v) is 10.5. The number of urea groups is 1. The minimum absolute atomic E-state index is 0.150. The van der Waals surface area contributed by atoms with Crippen LogP contribution in [0.3, 0.4) is 0 Å². The minimum atomic E-state index is -0.253. The van der Waals surface area contributed by atoms with Crippen molar-refractivity contribution in [2.24, 2.45) is 0 Å². The summed E-state index contributed by atoms with van der Waals surface area (Å²) >= 11 is 0. The summed E-state index contributed by atoms with van der Waals surface area (Å²) in [5, 5.41) is 1.77. The molecule has 5 heteroatoms. The van der Waals surface area contributed by atoms with Crippen LogP contribution < -0.4 is 4.90 Å². The van der Waals surface area contributed by atoms with E-state index in [2.05, 4.69) is 4.98 Å². The van der Waals surface area contributed by atoms with Crippen molar-refractivity contribution in [3.05, 3.63) is 36.7 Å². The lowest BCUT2D eigenvalue weighted by atomic mass is 10.1. The average Bonchev–Trinajstić information content (AvgIpc) is 2.73. The van der Waals surface area contributed by atoms with E-state index in [1.165, 1.54) is 9.80 Å². The number of anilines is 1.